The highest BCUT2D eigenvalue weighted by Crippen LogP contribution is 2.34. The van der Waals surface area contributed by atoms with Gasteiger partial charge < -0.3 is 15.0 Å². The van der Waals surface area contributed by atoms with Crippen molar-refractivity contribution in [3.63, 3.8) is 0 Å². The van der Waals surface area contributed by atoms with Crippen molar-refractivity contribution in [2.45, 2.75) is 31.7 Å². The Kier molecular flexibility index (Phi) is 5.83. The van der Waals surface area contributed by atoms with Gasteiger partial charge in [0.2, 0.25) is 11.8 Å². The van der Waals surface area contributed by atoms with Crippen molar-refractivity contribution in [3.8, 4) is 0 Å². The number of benzene rings is 1. The van der Waals surface area contributed by atoms with Crippen LogP contribution in [0.5, 0.6) is 0 Å². The molecule has 0 spiro atoms. The summed E-state index contributed by atoms with van der Waals surface area (Å²) in [7, 11) is 1.58. The molecule has 1 aromatic carbocycles. The van der Waals surface area contributed by atoms with Crippen LogP contribution in [0.15, 0.2) is 35.9 Å². The van der Waals surface area contributed by atoms with Gasteiger partial charge in [-0.1, -0.05) is 30.3 Å². The van der Waals surface area contributed by atoms with Gasteiger partial charge in [0.15, 0.2) is 5.78 Å². The standard InChI is InChI=1S/C20H24N2O4/c1-21-19(24)11-15-13-26-10-9-22(15)20(25)12-17-16(7-8-18(17)23)14-5-3-2-4-6-14/h2-6,15H,7-13H2,1H3,(H,21,24)/t15-/m1/s1. The quantitative estimate of drug-likeness (QED) is 0.869. The molecule has 0 unspecified atom stereocenters. The van der Waals surface area contributed by atoms with Crippen LogP contribution in [0.3, 0.4) is 0 Å². The van der Waals surface area contributed by atoms with Gasteiger partial charge in [-0.25, -0.2) is 0 Å². The van der Waals surface area contributed by atoms with Crippen LogP contribution in [0.2, 0.25) is 0 Å². The van der Waals surface area contributed by atoms with E-state index in [0.717, 1.165) is 11.1 Å². The lowest BCUT2D eigenvalue weighted by Gasteiger charge is -2.35. The molecule has 6 heteroatoms. The molecule has 1 aliphatic carbocycles. The minimum Gasteiger partial charge on any atom is -0.377 e. The second kappa shape index (κ2) is 8.27. The number of carbonyl (C=O) groups excluding carboxylic acids is 3. The molecule has 0 bridgehead atoms. The molecule has 2 amide bonds. The molecule has 1 N–H and O–H groups in total. The first kappa shape index (κ1) is 18.3. The van der Waals surface area contributed by atoms with E-state index < -0.39 is 0 Å². The summed E-state index contributed by atoms with van der Waals surface area (Å²) in [4.78, 5) is 38.7. The number of rotatable bonds is 5. The monoisotopic (exact) mass is 356 g/mol. The maximum Gasteiger partial charge on any atom is 0.227 e. The first-order valence-electron chi connectivity index (χ1n) is 8.98. The number of carbonyl (C=O) groups is 3. The van der Waals surface area contributed by atoms with Gasteiger partial charge in [-0.3, -0.25) is 14.4 Å². The number of Topliss-reactive ketones (excluding diaryl/α,β-unsaturated/α-hetero) is 1. The van der Waals surface area contributed by atoms with E-state index >= 15 is 0 Å². The molecule has 1 aliphatic heterocycles. The highest BCUT2D eigenvalue weighted by atomic mass is 16.5. The topological polar surface area (TPSA) is 75.7 Å². The van der Waals surface area contributed by atoms with Gasteiger partial charge in [0, 0.05) is 32.0 Å². The number of morpholine rings is 1. The number of nitrogens with zero attached hydrogens (tertiary/aromatic N) is 1. The average molecular weight is 356 g/mol. The minimum absolute atomic E-state index is 0.0494. The van der Waals surface area contributed by atoms with Gasteiger partial charge >= 0.3 is 0 Å². The van der Waals surface area contributed by atoms with Crippen molar-refractivity contribution in [1.29, 1.82) is 0 Å². The first-order valence-corrected chi connectivity index (χ1v) is 8.98. The van der Waals surface area contributed by atoms with Gasteiger partial charge in [0.05, 0.1) is 25.7 Å². The van der Waals surface area contributed by atoms with E-state index in [4.69, 9.17) is 4.74 Å². The highest BCUT2D eigenvalue weighted by molar-refractivity contribution is 6.10. The fraction of sp³-hybridized carbons (Fsp3) is 0.450. The summed E-state index contributed by atoms with van der Waals surface area (Å²) in [5, 5.41) is 2.58. The zero-order valence-corrected chi connectivity index (χ0v) is 15.0. The number of hydrogen-bond acceptors (Lipinski definition) is 4. The molecule has 0 radical (unpaired) electrons. The van der Waals surface area contributed by atoms with Crippen LogP contribution in [0.25, 0.3) is 5.57 Å². The van der Waals surface area contributed by atoms with Gasteiger partial charge in [0.25, 0.3) is 0 Å². The number of nitrogens with one attached hydrogen (secondary N) is 1. The third-order valence-corrected chi connectivity index (χ3v) is 5.00. The Morgan fingerprint density at radius 1 is 1.23 bits per heavy atom. The summed E-state index contributed by atoms with van der Waals surface area (Å²) >= 11 is 0. The van der Waals surface area contributed by atoms with Crippen molar-refractivity contribution in [1.82, 2.24) is 10.2 Å². The Morgan fingerprint density at radius 3 is 2.73 bits per heavy atom. The molecule has 26 heavy (non-hydrogen) atoms. The first-order chi connectivity index (χ1) is 12.6. The Labute approximate surface area is 153 Å². The predicted molar refractivity (Wildman–Crippen MR) is 97.2 cm³/mol. The molecule has 1 saturated heterocycles. The normalized spacial score (nSPS) is 20.4. The second-order valence-electron chi connectivity index (χ2n) is 6.62. The van der Waals surface area contributed by atoms with Gasteiger partial charge in [-0.05, 0) is 17.6 Å². The van der Waals surface area contributed by atoms with Crippen LogP contribution in [-0.2, 0) is 19.1 Å². The number of ether oxygens (including phenoxy) is 1. The molecule has 6 nitrogen and oxygen atoms in total. The molecule has 0 aromatic heterocycles. The molecule has 1 atom stereocenters. The van der Waals surface area contributed by atoms with Crippen molar-refractivity contribution < 1.29 is 19.1 Å². The summed E-state index contributed by atoms with van der Waals surface area (Å²) in [6.07, 6.45) is 1.43. The van der Waals surface area contributed by atoms with Gasteiger partial charge in [-0.2, -0.15) is 0 Å². The minimum atomic E-state index is -0.284. The third kappa shape index (κ3) is 4.02. The Balaban J connectivity index is 1.78. The molecule has 1 heterocycles. The predicted octanol–water partition coefficient (Wildman–Crippen LogP) is 1.56. The molecule has 1 fully saturated rings. The fourth-order valence-corrected chi connectivity index (χ4v) is 3.59. The molecule has 3 rings (SSSR count). The van der Waals surface area contributed by atoms with E-state index in [1.165, 1.54) is 0 Å². The SMILES string of the molecule is CNC(=O)C[C@@H]1COCCN1C(=O)CC1=C(c2ccccc2)CCC1=O. The number of allylic oxidation sites excluding steroid dienone is 1. The van der Waals surface area contributed by atoms with Crippen LogP contribution >= 0.6 is 0 Å². The maximum absolute atomic E-state index is 12.9. The Morgan fingerprint density at radius 2 is 2.00 bits per heavy atom. The van der Waals surface area contributed by atoms with Crippen molar-refractivity contribution in [2.75, 3.05) is 26.8 Å². The summed E-state index contributed by atoms with van der Waals surface area (Å²) in [6.45, 7) is 1.24. The smallest absolute Gasteiger partial charge is 0.227 e. The summed E-state index contributed by atoms with van der Waals surface area (Å²) in [5.74, 6) is -0.186. The van der Waals surface area contributed by atoms with Crippen molar-refractivity contribution >= 4 is 23.2 Å². The highest BCUT2D eigenvalue weighted by Gasteiger charge is 2.32. The molecular weight excluding hydrogens is 332 g/mol. The van der Waals surface area contributed by atoms with Gasteiger partial charge in [0.1, 0.15) is 0 Å². The molecule has 2 aliphatic rings. The zero-order chi connectivity index (χ0) is 18.5. The van der Waals surface area contributed by atoms with Crippen LogP contribution in [0.4, 0.5) is 0 Å². The van der Waals surface area contributed by atoms with Crippen LogP contribution < -0.4 is 5.32 Å². The number of hydrogen-bond donors (Lipinski definition) is 1. The van der Waals surface area contributed by atoms with E-state index in [9.17, 15) is 14.4 Å². The van der Waals surface area contributed by atoms with Crippen molar-refractivity contribution in [3.05, 3.63) is 41.5 Å². The number of amides is 2. The lowest BCUT2D eigenvalue weighted by molar-refractivity contribution is -0.141. The summed E-state index contributed by atoms with van der Waals surface area (Å²) in [5.41, 5.74) is 2.59. The zero-order valence-electron chi connectivity index (χ0n) is 15.0. The van der Waals surface area contributed by atoms with E-state index in [2.05, 4.69) is 5.32 Å². The van der Waals surface area contributed by atoms with E-state index in [1.54, 1.807) is 11.9 Å². The second-order valence-corrected chi connectivity index (χ2v) is 6.62. The molecule has 1 aromatic rings. The molecule has 0 saturated carbocycles. The number of ketones is 1. The Hall–Kier alpha value is -2.47. The van der Waals surface area contributed by atoms with Crippen LogP contribution in [0, 0.1) is 0 Å². The fourth-order valence-electron chi connectivity index (χ4n) is 3.59. The Bertz CT molecular complexity index is 727. The van der Waals surface area contributed by atoms with Crippen LogP contribution in [-0.4, -0.2) is 55.3 Å². The van der Waals surface area contributed by atoms with Crippen molar-refractivity contribution in [2.24, 2.45) is 0 Å². The van der Waals surface area contributed by atoms with Crippen LogP contribution in [0.1, 0.15) is 31.2 Å². The summed E-state index contributed by atoms with van der Waals surface area (Å²) in [6, 6.07) is 9.47. The van der Waals surface area contributed by atoms with E-state index in [-0.39, 0.29) is 36.5 Å². The third-order valence-electron chi connectivity index (χ3n) is 5.00. The summed E-state index contributed by atoms with van der Waals surface area (Å²) < 4.78 is 5.44. The lowest BCUT2D eigenvalue weighted by atomic mass is 9.99. The molecule has 138 valence electrons. The van der Waals surface area contributed by atoms with E-state index in [1.807, 2.05) is 30.3 Å². The largest absolute Gasteiger partial charge is 0.377 e. The molecular formula is C20H24N2O4. The lowest BCUT2D eigenvalue weighted by Crippen LogP contribution is -2.50. The van der Waals surface area contributed by atoms with E-state index in [0.29, 0.717) is 38.2 Å². The average Bonchev–Trinajstić information content (AvgIpc) is 3.03. The maximum atomic E-state index is 12.9. The van der Waals surface area contributed by atoms with Gasteiger partial charge in [-0.15, -0.1) is 0 Å².